The molecule has 2 heterocycles. The minimum Gasteiger partial charge on any atom is -0.384 e. The van der Waals surface area contributed by atoms with E-state index >= 15 is 0 Å². The van der Waals surface area contributed by atoms with Crippen LogP contribution in [0.5, 0.6) is 0 Å². The van der Waals surface area contributed by atoms with Crippen LogP contribution in [0, 0.1) is 0 Å². The fourth-order valence-corrected chi connectivity index (χ4v) is 3.88. The molecule has 0 radical (unpaired) electrons. The largest absolute Gasteiger partial charge is 0.384 e. The van der Waals surface area contributed by atoms with E-state index < -0.39 is 0 Å². The van der Waals surface area contributed by atoms with E-state index in [1.165, 1.54) is 11.3 Å². The van der Waals surface area contributed by atoms with Gasteiger partial charge in [-0.1, -0.05) is 30.3 Å². The first-order valence-electron chi connectivity index (χ1n) is 8.45. The van der Waals surface area contributed by atoms with E-state index in [1.54, 1.807) is 11.7 Å². The van der Waals surface area contributed by atoms with Crippen LogP contribution in [0.3, 0.4) is 0 Å². The Balaban J connectivity index is 2.09. The Bertz CT molecular complexity index is 963. The van der Waals surface area contributed by atoms with Crippen molar-refractivity contribution in [1.29, 1.82) is 0 Å². The lowest BCUT2D eigenvalue weighted by molar-refractivity contribution is -0.118. The van der Waals surface area contributed by atoms with Gasteiger partial charge in [0.15, 0.2) is 0 Å². The number of hydrogen-bond acceptors (Lipinski definition) is 5. The monoisotopic (exact) mass is 371 g/mol. The van der Waals surface area contributed by atoms with Crippen molar-refractivity contribution >= 4 is 27.5 Å². The second-order valence-corrected chi connectivity index (χ2v) is 6.85. The third kappa shape index (κ3) is 3.84. The second kappa shape index (κ2) is 8.25. The smallest absolute Gasteiger partial charge is 0.262 e. The van der Waals surface area contributed by atoms with Gasteiger partial charge < -0.3 is 10.5 Å². The van der Waals surface area contributed by atoms with E-state index in [2.05, 4.69) is 0 Å². The van der Waals surface area contributed by atoms with Gasteiger partial charge in [-0.2, -0.15) is 0 Å². The first-order valence-corrected chi connectivity index (χ1v) is 9.33. The van der Waals surface area contributed by atoms with Crippen LogP contribution in [-0.4, -0.2) is 29.2 Å². The van der Waals surface area contributed by atoms with Crippen LogP contribution >= 0.6 is 11.3 Å². The fraction of sp³-hybridized carbons (Fsp3) is 0.316. The van der Waals surface area contributed by atoms with E-state index in [4.69, 9.17) is 15.5 Å². The Morgan fingerprint density at radius 2 is 2.08 bits per heavy atom. The minimum absolute atomic E-state index is 0.0781. The number of nitrogens with zero attached hydrogens (tertiary/aromatic N) is 2. The van der Waals surface area contributed by atoms with E-state index in [0.717, 1.165) is 16.0 Å². The Morgan fingerprint density at radius 1 is 1.31 bits per heavy atom. The predicted molar refractivity (Wildman–Crippen MR) is 103 cm³/mol. The Kier molecular flexibility index (Phi) is 5.80. The third-order valence-corrected chi connectivity index (χ3v) is 5.06. The van der Waals surface area contributed by atoms with Gasteiger partial charge in [-0.05, 0) is 12.0 Å². The SMILES string of the molecule is COCCc1nc2scc(-c3ccccc3)c2c(=O)n1CCCC(N)=O. The molecular weight excluding hydrogens is 350 g/mol. The number of primary amides is 1. The maximum absolute atomic E-state index is 13.2. The summed E-state index contributed by atoms with van der Waals surface area (Å²) in [5.41, 5.74) is 7.03. The molecule has 0 atom stereocenters. The highest BCUT2D eigenvalue weighted by atomic mass is 32.1. The molecule has 0 unspecified atom stereocenters. The molecule has 26 heavy (non-hydrogen) atoms. The fourth-order valence-electron chi connectivity index (χ4n) is 2.92. The molecule has 1 amide bonds. The topological polar surface area (TPSA) is 87.2 Å². The molecule has 0 spiro atoms. The van der Waals surface area contributed by atoms with Crippen LogP contribution in [-0.2, 0) is 22.5 Å². The quantitative estimate of drug-likeness (QED) is 0.659. The zero-order valence-electron chi connectivity index (χ0n) is 14.6. The number of ether oxygens (including phenoxy) is 1. The number of amides is 1. The van der Waals surface area contributed by atoms with Crippen LogP contribution < -0.4 is 11.3 Å². The van der Waals surface area contributed by atoms with Crippen molar-refractivity contribution in [2.45, 2.75) is 25.8 Å². The zero-order valence-corrected chi connectivity index (χ0v) is 15.4. The van der Waals surface area contributed by atoms with Gasteiger partial charge in [-0.15, -0.1) is 11.3 Å². The summed E-state index contributed by atoms with van der Waals surface area (Å²) < 4.78 is 6.80. The number of aromatic nitrogens is 2. The summed E-state index contributed by atoms with van der Waals surface area (Å²) >= 11 is 1.47. The highest BCUT2D eigenvalue weighted by molar-refractivity contribution is 7.17. The molecule has 7 heteroatoms. The van der Waals surface area contributed by atoms with Crippen molar-refractivity contribution in [3.05, 3.63) is 51.9 Å². The van der Waals surface area contributed by atoms with Gasteiger partial charge >= 0.3 is 0 Å². The lowest BCUT2D eigenvalue weighted by atomic mass is 10.1. The van der Waals surface area contributed by atoms with Crippen LogP contribution in [0.15, 0.2) is 40.5 Å². The van der Waals surface area contributed by atoms with Crippen LogP contribution in [0.1, 0.15) is 18.7 Å². The Hall–Kier alpha value is -2.51. The number of fused-ring (bicyclic) bond motifs is 1. The van der Waals surface area contributed by atoms with E-state index in [-0.39, 0.29) is 17.9 Å². The number of rotatable bonds is 8. The van der Waals surface area contributed by atoms with Crippen molar-refractivity contribution in [2.24, 2.45) is 5.73 Å². The highest BCUT2D eigenvalue weighted by Crippen LogP contribution is 2.30. The molecule has 0 saturated carbocycles. The molecule has 0 aliphatic heterocycles. The van der Waals surface area contributed by atoms with Crippen LogP contribution in [0.4, 0.5) is 0 Å². The molecule has 2 aromatic heterocycles. The maximum atomic E-state index is 13.2. The summed E-state index contributed by atoms with van der Waals surface area (Å²) in [5, 5.41) is 2.60. The van der Waals surface area contributed by atoms with Gasteiger partial charge in [0.2, 0.25) is 5.91 Å². The van der Waals surface area contributed by atoms with Gasteiger partial charge in [0.25, 0.3) is 5.56 Å². The normalized spacial score (nSPS) is 11.1. The summed E-state index contributed by atoms with van der Waals surface area (Å²) in [6.45, 7) is 0.887. The third-order valence-electron chi connectivity index (χ3n) is 4.19. The number of methoxy groups -OCH3 is 1. The minimum atomic E-state index is -0.369. The van der Waals surface area contributed by atoms with Crippen molar-refractivity contribution in [3.63, 3.8) is 0 Å². The number of nitrogens with two attached hydrogens (primary N) is 1. The molecule has 6 nitrogen and oxygen atoms in total. The van der Waals surface area contributed by atoms with Crippen molar-refractivity contribution < 1.29 is 9.53 Å². The Labute approximate surface area is 155 Å². The van der Waals surface area contributed by atoms with Gasteiger partial charge in [0, 0.05) is 37.4 Å². The summed E-state index contributed by atoms with van der Waals surface area (Å²) in [6, 6.07) is 9.81. The average Bonchev–Trinajstić information content (AvgIpc) is 3.06. The predicted octanol–water partition coefficient (Wildman–Crippen LogP) is 2.58. The highest BCUT2D eigenvalue weighted by Gasteiger charge is 2.17. The maximum Gasteiger partial charge on any atom is 0.262 e. The van der Waals surface area contributed by atoms with Gasteiger partial charge in [0.1, 0.15) is 10.7 Å². The molecular formula is C19H21N3O3S. The second-order valence-electron chi connectivity index (χ2n) is 5.99. The summed E-state index contributed by atoms with van der Waals surface area (Å²) in [4.78, 5) is 29.7. The molecule has 2 N–H and O–H groups in total. The zero-order chi connectivity index (χ0) is 18.5. The number of benzene rings is 1. The van der Waals surface area contributed by atoms with E-state index in [0.29, 0.717) is 37.2 Å². The van der Waals surface area contributed by atoms with E-state index in [9.17, 15) is 9.59 Å². The lowest BCUT2D eigenvalue weighted by Crippen LogP contribution is -2.26. The number of thiophene rings is 1. The molecule has 0 fully saturated rings. The molecule has 0 saturated heterocycles. The standard InChI is InChI=1S/C19H21N3O3S/c1-25-11-9-16-21-18-17(19(24)22(16)10-5-8-15(20)23)14(12-26-18)13-6-3-2-4-7-13/h2-4,6-7,12H,5,8-11H2,1H3,(H2,20,23). The van der Waals surface area contributed by atoms with Crippen molar-refractivity contribution in [1.82, 2.24) is 9.55 Å². The van der Waals surface area contributed by atoms with Gasteiger partial charge in [-0.25, -0.2) is 4.98 Å². The molecule has 0 aliphatic rings. The Morgan fingerprint density at radius 3 is 2.77 bits per heavy atom. The summed E-state index contributed by atoms with van der Waals surface area (Å²) in [6.07, 6.45) is 1.29. The number of carbonyl (C=O) groups excluding carboxylic acids is 1. The number of carbonyl (C=O) groups is 1. The van der Waals surface area contributed by atoms with Gasteiger partial charge in [-0.3, -0.25) is 14.2 Å². The summed E-state index contributed by atoms with van der Waals surface area (Å²) in [5.74, 6) is 0.307. The van der Waals surface area contributed by atoms with Crippen molar-refractivity contribution in [3.8, 4) is 11.1 Å². The number of hydrogen-bond donors (Lipinski definition) is 1. The molecule has 0 bridgehead atoms. The van der Waals surface area contributed by atoms with Crippen molar-refractivity contribution in [2.75, 3.05) is 13.7 Å². The average molecular weight is 371 g/mol. The molecule has 3 aromatic rings. The molecule has 1 aromatic carbocycles. The molecule has 0 aliphatic carbocycles. The summed E-state index contributed by atoms with van der Waals surface area (Å²) in [7, 11) is 1.62. The molecule has 136 valence electrons. The van der Waals surface area contributed by atoms with Crippen LogP contribution in [0.25, 0.3) is 21.3 Å². The first kappa shape index (κ1) is 18.3. The van der Waals surface area contributed by atoms with Gasteiger partial charge in [0.05, 0.1) is 12.0 Å². The molecule has 3 rings (SSSR count). The first-order chi connectivity index (χ1) is 12.6. The lowest BCUT2D eigenvalue weighted by Gasteiger charge is -2.12. The van der Waals surface area contributed by atoms with Crippen LogP contribution in [0.2, 0.25) is 0 Å². The van der Waals surface area contributed by atoms with E-state index in [1.807, 2.05) is 35.7 Å².